The van der Waals surface area contributed by atoms with Gasteiger partial charge in [0.25, 0.3) is 0 Å². The van der Waals surface area contributed by atoms with Gasteiger partial charge in [-0.1, -0.05) is 43.7 Å². The Bertz CT molecular complexity index is 541. The molecule has 0 saturated heterocycles. The maximum absolute atomic E-state index is 8.27. The van der Waals surface area contributed by atoms with Crippen molar-refractivity contribution in [2.75, 3.05) is 13.2 Å². The van der Waals surface area contributed by atoms with Gasteiger partial charge < -0.3 is 5.32 Å². The van der Waals surface area contributed by atoms with E-state index in [1.165, 1.54) is 24.0 Å². The van der Waals surface area contributed by atoms with Crippen molar-refractivity contribution in [3.05, 3.63) is 47.7 Å². The molecule has 0 heterocycles. The number of hydrogen-bond acceptors (Lipinski definition) is 4. The molecular formula is C22H36N2O2. The van der Waals surface area contributed by atoms with Gasteiger partial charge in [0.05, 0.1) is 6.61 Å². The van der Waals surface area contributed by atoms with E-state index in [1.54, 1.807) is 0 Å². The molecule has 2 N–H and O–H groups in total. The molecule has 0 radical (unpaired) electrons. The molecule has 1 rings (SSSR count). The fourth-order valence-electron chi connectivity index (χ4n) is 2.91. The number of aryl methyl sites for hydroxylation is 1. The second-order valence-corrected chi connectivity index (χ2v) is 6.81. The molecule has 0 aliphatic heterocycles. The van der Waals surface area contributed by atoms with E-state index in [9.17, 15) is 0 Å². The molecule has 0 bridgehead atoms. The van der Waals surface area contributed by atoms with Crippen LogP contribution in [0.1, 0.15) is 76.5 Å². The molecule has 146 valence electrons. The Hall–Kier alpha value is -1.49. The van der Waals surface area contributed by atoms with E-state index in [0.717, 1.165) is 44.4 Å². The summed E-state index contributed by atoms with van der Waals surface area (Å²) in [5.41, 5.74) is 4.01. The molecule has 0 saturated carbocycles. The van der Waals surface area contributed by atoms with E-state index < -0.39 is 0 Å². The molecule has 1 unspecified atom stereocenters. The largest absolute Gasteiger partial charge is 0.310 e. The highest BCUT2D eigenvalue weighted by Gasteiger charge is 2.08. The van der Waals surface area contributed by atoms with Gasteiger partial charge in [0, 0.05) is 18.0 Å². The van der Waals surface area contributed by atoms with Gasteiger partial charge in [0.15, 0.2) is 0 Å². The normalized spacial score (nSPS) is 13.5. The predicted molar refractivity (Wildman–Crippen MR) is 111 cm³/mol. The summed E-state index contributed by atoms with van der Waals surface area (Å²) in [4.78, 5) is 8.52. The number of aliphatic imine (C=N–C) groups is 1. The van der Waals surface area contributed by atoms with Crippen molar-refractivity contribution in [2.45, 2.75) is 71.8 Å². The summed E-state index contributed by atoms with van der Waals surface area (Å²) in [5.74, 6) is 0. The first-order valence-electron chi connectivity index (χ1n) is 9.94. The Morgan fingerprint density at radius 3 is 2.85 bits per heavy atom. The third-order valence-electron chi connectivity index (χ3n) is 4.51. The van der Waals surface area contributed by atoms with Crippen LogP contribution in [0.5, 0.6) is 0 Å². The van der Waals surface area contributed by atoms with Crippen molar-refractivity contribution >= 4 is 5.71 Å². The molecule has 0 spiro atoms. The van der Waals surface area contributed by atoms with Gasteiger partial charge in [-0.15, -0.1) is 0 Å². The van der Waals surface area contributed by atoms with Gasteiger partial charge in [0.1, 0.15) is 0 Å². The topological polar surface area (TPSA) is 53.9 Å². The molecule has 1 aromatic rings. The average molecular weight is 361 g/mol. The van der Waals surface area contributed by atoms with E-state index >= 15 is 0 Å². The lowest BCUT2D eigenvalue weighted by molar-refractivity contribution is -0.242. The summed E-state index contributed by atoms with van der Waals surface area (Å²) in [5, 5.41) is 11.9. The lowest BCUT2D eigenvalue weighted by Crippen LogP contribution is -2.20. The molecule has 4 heteroatoms. The molecule has 26 heavy (non-hydrogen) atoms. The molecule has 1 atom stereocenters. The Labute approximate surface area is 159 Å². The third-order valence-corrected chi connectivity index (χ3v) is 4.51. The first-order valence-corrected chi connectivity index (χ1v) is 9.94. The van der Waals surface area contributed by atoms with Crippen LogP contribution in [0.25, 0.3) is 0 Å². The number of nitrogens with zero attached hydrogens (tertiary/aromatic N) is 1. The smallest absolute Gasteiger partial charge is 0.0819 e. The number of unbranched alkanes of at least 4 members (excludes halogenated alkanes) is 2. The van der Waals surface area contributed by atoms with Crippen molar-refractivity contribution in [3.63, 3.8) is 0 Å². The van der Waals surface area contributed by atoms with Crippen LogP contribution >= 0.6 is 0 Å². The molecule has 0 fully saturated rings. The SMILES string of the molecule is CCCCc1ccccc1C(C)NCC/C=C/N=C(\C)CCCCOO. The summed E-state index contributed by atoms with van der Waals surface area (Å²) in [6.45, 7) is 7.87. The highest BCUT2D eigenvalue weighted by molar-refractivity contribution is 5.82. The zero-order valence-corrected chi connectivity index (χ0v) is 16.7. The molecule has 0 amide bonds. The van der Waals surface area contributed by atoms with Crippen LogP contribution < -0.4 is 5.32 Å². The quantitative estimate of drug-likeness (QED) is 0.193. The zero-order valence-electron chi connectivity index (χ0n) is 16.7. The summed E-state index contributed by atoms with van der Waals surface area (Å²) in [6.07, 6.45) is 11.4. The van der Waals surface area contributed by atoms with E-state index in [1.807, 2.05) is 13.1 Å². The Morgan fingerprint density at radius 1 is 1.27 bits per heavy atom. The second-order valence-electron chi connectivity index (χ2n) is 6.81. The van der Waals surface area contributed by atoms with Gasteiger partial charge in [-0.3, -0.25) is 10.2 Å². The lowest BCUT2D eigenvalue weighted by atomic mass is 9.97. The van der Waals surface area contributed by atoms with Crippen molar-refractivity contribution in [1.82, 2.24) is 5.32 Å². The highest BCUT2D eigenvalue weighted by atomic mass is 17.1. The molecular weight excluding hydrogens is 324 g/mol. The van der Waals surface area contributed by atoms with Gasteiger partial charge in [-0.2, -0.15) is 0 Å². The fourth-order valence-corrected chi connectivity index (χ4v) is 2.91. The third kappa shape index (κ3) is 9.85. The van der Waals surface area contributed by atoms with Crippen molar-refractivity contribution in [2.24, 2.45) is 4.99 Å². The van der Waals surface area contributed by atoms with Crippen LogP contribution in [0.4, 0.5) is 0 Å². The fraction of sp³-hybridized carbons (Fsp3) is 0.591. The second kappa shape index (κ2) is 14.7. The number of nitrogens with one attached hydrogen (secondary N) is 1. The van der Waals surface area contributed by atoms with Crippen LogP contribution in [-0.2, 0) is 11.3 Å². The minimum Gasteiger partial charge on any atom is -0.310 e. The number of benzene rings is 1. The summed E-state index contributed by atoms with van der Waals surface area (Å²) in [7, 11) is 0. The van der Waals surface area contributed by atoms with Crippen LogP contribution in [0.3, 0.4) is 0 Å². The van der Waals surface area contributed by atoms with E-state index in [2.05, 4.69) is 59.4 Å². The van der Waals surface area contributed by atoms with Crippen molar-refractivity contribution in [3.8, 4) is 0 Å². The summed E-state index contributed by atoms with van der Waals surface area (Å²) in [6, 6.07) is 9.14. The van der Waals surface area contributed by atoms with Crippen molar-refractivity contribution in [1.29, 1.82) is 0 Å². The van der Waals surface area contributed by atoms with Gasteiger partial charge in [-0.25, -0.2) is 4.89 Å². The van der Waals surface area contributed by atoms with Crippen LogP contribution in [-0.4, -0.2) is 24.1 Å². The summed E-state index contributed by atoms with van der Waals surface area (Å²) >= 11 is 0. The standard InChI is InChI=1S/C22H36N2O2/c1-4-5-13-21-14-6-7-15-22(21)20(3)24-17-10-9-16-23-19(2)12-8-11-18-26-25/h6-7,9,14-16,20,24-25H,4-5,8,10-13,17-18H2,1-3H3/b16-9+,23-19+. The zero-order chi connectivity index (χ0) is 19.0. The minimum absolute atomic E-state index is 0.371. The number of rotatable bonds is 14. The Morgan fingerprint density at radius 2 is 2.08 bits per heavy atom. The monoisotopic (exact) mass is 360 g/mol. The van der Waals surface area contributed by atoms with Crippen LogP contribution in [0.15, 0.2) is 41.5 Å². The Kier molecular flexibility index (Phi) is 12.7. The first-order chi connectivity index (χ1) is 12.7. The van der Waals surface area contributed by atoms with E-state index in [0.29, 0.717) is 12.6 Å². The maximum Gasteiger partial charge on any atom is 0.0819 e. The number of hydrogen-bond donors (Lipinski definition) is 2. The molecule has 0 aliphatic carbocycles. The molecule has 1 aromatic carbocycles. The summed E-state index contributed by atoms with van der Waals surface area (Å²) < 4.78 is 0. The van der Waals surface area contributed by atoms with E-state index in [-0.39, 0.29) is 0 Å². The average Bonchev–Trinajstić information content (AvgIpc) is 2.66. The van der Waals surface area contributed by atoms with Crippen LogP contribution in [0.2, 0.25) is 0 Å². The first kappa shape index (κ1) is 22.6. The Balaban J connectivity index is 2.30. The maximum atomic E-state index is 8.27. The predicted octanol–water partition coefficient (Wildman–Crippen LogP) is 5.70. The highest BCUT2D eigenvalue weighted by Crippen LogP contribution is 2.19. The molecule has 0 aromatic heterocycles. The molecule has 0 aliphatic rings. The van der Waals surface area contributed by atoms with Gasteiger partial charge in [-0.05, 0) is 70.0 Å². The lowest BCUT2D eigenvalue weighted by Gasteiger charge is -2.17. The van der Waals surface area contributed by atoms with Gasteiger partial charge >= 0.3 is 0 Å². The van der Waals surface area contributed by atoms with E-state index in [4.69, 9.17) is 5.26 Å². The van der Waals surface area contributed by atoms with Gasteiger partial charge in [0.2, 0.25) is 0 Å². The minimum atomic E-state index is 0.371. The van der Waals surface area contributed by atoms with Crippen LogP contribution in [0, 0.1) is 0 Å². The van der Waals surface area contributed by atoms with Crippen molar-refractivity contribution < 1.29 is 10.1 Å². The molecule has 4 nitrogen and oxygen atoms in total.